The standard InChI is InChI=1S/C33H50/c1-4-28-18-14-15-23-31(28)26(3)33(30-21-12-7-13-22-30)32(29-19-10-6-11-20-29)25(2)24-27-16-8-5-9-17-27/h14-15,18,23,27,29-30,32-33H,2-13,16-17,19-22,24H2,1H3. The highest BCUT2D eigenvalue weighted by Crippen LogP contribution is 2.50. The van der Waals surface area contributed by atoms with Crippen LogP contribution in [0.2, 0.25) is 0 Å². The predicted molar refractivity (Wildman–Crippen MR) is 145 cm³/mol. The molecule has 3 aliphatic rings. The highest BCUT2D eigenvalue weighted by atomic mass is 14.4. The Balaban J connectivity index is 1.68. The van der Waals surface area contributed by atoms with Gasteiger partial charge in [-0.1, -0.05) is 121 Å². The van der Waals surface area contributed by atoms with E-state index in [9.17, 15) is 0 Å². The van der Waals surface area contributed by atoms with Gasteiger partial charge in [-0.2, -0.15) is 0 Å². The molecule has 0 radical (unpaired) electrons. The van der Waals surface area contributed by atoms with Crippen LogP contribution >= 0.6 is 0 Å². The minimum absolute atomic E-state index is 0.595. The molecule has 0 spiro atoms. The van der Waals surface area contributed by atoms with Crippen LogP contribution in [0, 0.1) is 29.6 Å². The summed E-state index contributed by atoms with van der Waals surface area (Å²) in [6.45, 7) is 12.1. The molecule has 3 saturated carbocycles. The van der Waals surface area contributed by atoms with Gasteiger partial charge in [-0.15, -0.1) is 0 Å². The summed E-state index contributed by atoms with van der Waals surface area (Å²) in [5, 5.41) is 0. The summed E-state index contributed by atoms with van der Waals surface area (Å²) < 4.78 is 0. The maximum Gasteiger partial charge on any atom is -0.00653 e. The summed E-state index contributed by atoms with van der Waals surface area (Å²) in [6.07, 6.45) is 23.8. The summed E-state index contributed by atoms with van der Waals surface area (Å²) >= 11 is 0. The highest BCUT2D eigenvalue weighted by Gasteiger charge is 2.39. The maximum absolute atomic E-state index is 4.92. The van der Waals surface area contributed by atoms with Crippen molar-refractivity contribution in [3.8, 4) is 0 Å². The molecule has 0 aromatic heterocycles. The Morgan fingerprint density at radius 2 is 1.24 bits per heavy atom. The average Bonchev–Trinajstić information content (AvgIpc) is 2.88. The number of allylic oxidation sites excluding steroid dienone is 2. The number of aryl methyl sites for hydroxylation is 1. The van der Waals surface area contributed by atoms with Gasteiger partial charge in [0, 0.05) is 0 Å². The number of hydrogen-bond donors (Lipinski definition) is 0. The van der Waals surface area contributed by atoms with Crippen molar-refractivity contribution in [2.75, 3.05) is 0 Å². The molecule has 0 N–H and O–H groups in total. The number of rotatable bonds is 9. The summed E-state index contributed by atoms with van der Waals surface area (Å²) in [7, 11) is 0. The third-order valence-electron chi connectivity index (χ3n) is 9.60. The molecule has 0 nitrogen and oxygen atoms in total. The fourth-order valence-corrected chi connectivity index (χ4v) is 7.88. The fraction of sp³-hybridized carbons (Fsp3) is 0.697. The van der Waals surface area contributed by atoms with Gasteiger partial charge in [0.2, 0.25) is 0 Å². The molecule has 33 heavy (non-hydrogen) atoms. The smallest absolute Gasteiger partial charge is 0.00653 e. The van der Waals surface area contributed by atoms with Crippen molar-refractivity contribution < 1.29 is 0 Å². The Kier molecular flexibility index (Phi) is 9.34. The molecule has 3 aliphatic carbocycles. The summed E-state index contributed by atoms with van der Waals surface area (Å²) in [5.41, 5.74) is 6.02. The van der Waals surface area contributed by atoms with E-state index in [1.807, 2.05) is 0 Å². The molecule has 1 aromatic rings. The third-order valence-corrected chi connectivity index (χ3v) is 9.60. The van der Waals surface area contributed by atoms with Crippen LogP contribution in [-0.4, -0.2) is 0 Å². The second kappa shape index (κ2) is 12.4. The second-order valence-electron chi connectivity index (χ2n) is 11.8. The topological polar surface area (TPSA) is 0 Å². The van der Waals surface area contributed by atoms with E-state index < -0.39 is 0 Å². The van der Waals surface area contributed by atoms with Crippen LogP contribution in [-0.2, 0) is 6.42 Å². The van der Waals surface area contributed by atoms with E-state index in [1.54, 1.807) is 5.57 Å². The first-order valence-electron chi connectivity index (χ1n) is 14.6. The molecule has 2 unspecified atom stereocenters. The van der Waals surface area contributed by atoms with Crippen LogP contribution in [0.4, 0.5) is 0 Å². The zero-order chi connectivity index (χ0) is 23.0. The first-order valence-corrected chi connectivity index (χ1v) is 14.6. The van der Waals surface area contributed by atoms with E-state index >= 15 is 0 Å². The van der Waals surface area contributed by atoms with Gasteiger partial charge >= 0.3 is 0 Å². The number of hydrogen-bond acceptors (Lipinski definition) is 0. The van der Waals surface area contributed by atoms with Gasteiger partial charge in [-0.05, 0) is 84.8 Å². The molecular weight excluding hydrogens is 396 g/mol. The van der Waals surface area contributed by atoms with Gasteiger partial charge in [0.1, 0.15) is 0 Å². The van der Waals surface area contributed by atoms with E-state index in [-0.39, 0.29) is 0 Å². The second-order valence-corrected chi connectivity index (χ2v) is 11.8. The van der Waals surface area contributed by atoms with E-state index in [0.717, 1.165) is 24.2 Å². The molecule has 1 aromatic carbocycles. The monoisotopic (exact) mass is 446 g/mol. The van der Waals surface area contributed by atoms with Gasteiger partial charge in [0.15, 0.2) is 0 Å². The fourth-order valence-electron chi connectivity index (χ4n) is 7.88. The summed E-state index contributed by atoms with van der Waals surface area (Å²) in [6, 6.07) is 9.17. The average molecular weight is 447 g/mol. The van der Waals surface area contributed by atoms with Gasteiger partial charge < -0.3 is 0 Å². The molecule has 3 fully saturated rings. The van der Waals surface area contributed by atoms with E-state index in [2.05, 4.69) is 31.2 Å². The summed E-state index contributed by atoms with van der Waals surface area (Å²) in [4.78, 5) is 0. The van der Waals surface area contributed by atoms with Crippen LogP contribution in [0.1, 0.15) is 121 Å². The van der Waals surface area contributed by atoms with Crippen molar-refractivity contribution in [2.45, 2.75) is 116 Å². The first kappa shape index (κ1) is 24.8. The number of benzene rings is 1. The van der Waals surface area contributed by atoms with Crippen LogP contribution in [0.5, 0.6) is 0 Å². The van der Waals surface area contributed by atoms with Crippen molar-refractivity contribution >= 4 is 5.57 Å². The first-order chi connectivity index (χ1) is 16.2. The lowest BCUT2D eigenvalue weighted by Gasteiger charge is -2.44. The van der Waals surface area contributed by atoms with Crippen LogP contribution in [0.3, 0.4) is 0 Å². The molecule has 4 rings (SSSR count). The molecule has 0 heterocycles. The van der Waals surface area contributed by atoms with E-state index in [4.69, 9.17) is 13.2 Å². The Hall–Kier alpha value is -1.30. The molecule has 2 atom stereocenters. The molecule has 0 saturated heterocycles. The lowest BCUT2D eigenvalue weighted by atomic mass is 9.60. The molecule has 182 valence electrons. The van der Waals surface area contributed by atoms with Gasteiger partial charge in [0.05, 0.1) is 0 Å². The van der Waals surface area contributed by atoms with Crippen molar-refractivity contribution in [3.63, 3.8) is 0 Å². The largest absolute Gasteiger partial charge is 0.0995 e. The highest BCUT2D eigenvalue weighted by molar-refractivity contribution is 5.69. The zero-order valence-electron chi connectivity index (χ0n) is 21.6. The van der Waals surface area contributed by atoms with Crippen molar-refractivity contribution in [2.24, 2.45) is 29.6 Å². The molecule has 0 aliphatic heterocycles. The Bertz CT molecular complexity index is 752. The lowest BCUT2D eigenvalue weighted by molar-refractivity contribution is 0.163. The third kappa shape index (κ3) is 6.23. The molecule has 0 heteroatoms. The zero-order valence-corrected chi connectivity index (χ0v) is 21.6. The minimum Gasteiger partial charge on any atom is -0.0995 e. The van der Waals surface area contributed by atoms with Gasteiger partial charge in [-0.3, -0.25) is 0 Å². The predicted octanol–water partition coefficient (Wildman–Crippen LogP) is 10.2. The molecule has 0 amide bonds. The maximum atomic E-state index is 4.92. The van der Waals surface area contributed by atoms with Crippen molar-refractivity contribution in [1.82, 2.24) is 0 Å². The Morgan fingerprint density at radius 1 is 0.727 bits per heavy atom. The Labute approximate surface area is 205 Å². The molecule has 0 bridgehead atoms. The van der Waals surface area contributed by atoms with Crippen molar-refractivity contribution in [1.29, 1.82) is 0 Å². The van der Waals surface area contributed by atoms with Crippen LogP contribution < -0.4 is 0 Å². The normalized spacial score (nSPS) is 23.2. The van der Waals surface area contributed by atoms with Crippen LogP contribution in [0.15, 0.2) is 43.0 Å². The van der Waals surface area contributed by atoms with Gasteiger partial charge in [-0.25, -0.2) is 0 Å². The minimum atomic E-state index is 0.595. The van der Waals surface area contributed by atoms with E-state index in [0.29, 0.717) is 11.8 Å². The van der Waals surface area contributed by atoms with Crippen LogP contribution in [0.25, 0.3) is 5.57 Å². The van der Waals surface area contributed by atoms with E-state index in [1.165, 1.54) is 119 Å². The SMILES string of the molecule is C=C(CC1CCCCC1)C(C1CCCCC1)C(C(=C)c1ccccc1CC)C1CCCCC1. The molecular formula is C33H50. The quantitative estimate of drug-likeness (QED) is 0.331. The lowest BCUT2D eigenvalue weighted by Crippen LogP contribution is -2.34. The van der Waals surface area contributed by atoms with Gasteiger partial charge in [0.25, 0.3) is 0 Å². The van der Waals surface area contributed by atoms with Crippen molar-refractivity contribution in [3.05, 3.63) is 54.1 Å². The Morgan fingerprint density at radius 3 is 1.82 bits per heavy atom. The summed E-state index contributed by atoms with van der Waals surface area (Å²) in [5.74, 6) is 3.75.